The highest BCUT2D eigenvalue weighted by molar-refractivity contribution is 5.83. The fourth-order valence-corrected chi connectivity index (χ4v) is 3.79. The first kappa shape index (κ1) is 16.2. The summed E-state index contributed by atoms with van der Waals surface area (Å²) in [5.41, 5.74) is 1.92. The molecule has 1 heterocycles. The molecule has 0 aliphatic carbocycles. The second-order valence-electron chi connectivity index (χ2n) is 6.67. The number of rotatable bonds is 3. The van der Waals surface area contributed by atoms with E-state index in [4.69, 9.17) is 0 Å². The summed E-state index contributed by atoms with van der Waals surface area (Å²) in [5.74, 6) is -0.127. The summed E-state index contributed by atoms with van der Waals surface area (Å²) in [5, 5.41) is 5.87. The van der Waals surface area contributed by atoms with Crippen molar-refractivity contribution in [1.29, 1.82) is 0 Å². The average molecular weight is 334 g/mol. The number of hydrogen-bond acceptors (Lipinski definition) is 2. The van der Waals surface area contributed by atoms with Crippen LogP contribution in [0.2, 0.25) is 0 Å². The molecule has 1 fully saturated rings. The van der Waals surface area contributed by atoms with Gasteiger partial charge in [-0.3, -0.25) is 4.90 Å². The number of nitrogens with one attached hydrogen (secondary N) is 1. The zero-order valence-electron chi connectivity index (χ0n) is 14.3. The number of hydrogen-bond donors (Lipinski definition) is 1. The molecule has 0 spiro atoms. The number of halogens is 1. The van der Waals surface area contributed by atoms with Gasteiger partial charge >= 0.3 is 0 Å². The zero-order valence-corrected chi connectivity index (χ0v) is 14.3. The van der Waals surface area contributed by atoms with Crippen molar-refractivity contribution in [3.63, 3.8) is 0 Å². The molecule has 1 unspecified atom stereocenters. The molecule has 1 aliphatic rings. The molecule has 2 nitrogen and oxygen atoms in total. The lowest BCUT2D eigenvalue weighted by molar-refractivity contribution is 0.237. The lowest BCUT2D eigenvalue weighted by atomic mass is 9.94. The van der Waals surface area contributed by atoms with Crippen molar-refractivity contribution in [2.45, 2.75) is 12.5 Å². The third-order valence-corrected chi connectivity index (χ3v) is 5.03. The van der Waals surface area contributed by atoms with E-state index in [0.29, 0.717) is 0 Å². The Morgan fingerprint density at radius 1 is 0.840 bits per heavy atom. The summed E-state index contributed by atoms with van der Waals surface area (Å²) in [4.78, 5) is 2.41. The zero-order chi connectivity index (χ0) is 17.1. The van der Waals surface area contributed by atoms with Crippen molar-refractivity contribution in [3.8, 4) is 0 Å². The smallest absolute Gasteiger partial charge is 0.128 e. The summed E-state index contributed by atoms with van der Waals surface area (Å²) < 4.78 is 14.7. The minimum Gasteiger partial charge on any atom is -0.315 e. The van der Waals surface area contributed by atoms with Gasteiger partial charge in [-0.1, -0.05) is 54.6 Å². The van der Waals surface area contributed by atoms with Crippen LogP contribution in [0.3, 0.4) is 0 Å². The summed E-state index contributed by atoms with van der Waals surface area (Å²) in [6.45, 7) is 3.86. The molecule has 1 N–H and O–H groups in total. The van der Waals surface area contributed by atoms with E-state index in [1.807, 2.05) is 12.1 Å². The van der Waals surface area contributed by atoms with E-state index < -0.39 is 0 Å². The minimum absolute atomic E-state index is 0.0503. The number of nitrogens with zero attached hydrogens (tertiary/aromatic N) is 1. The molecule has 0 aromatic heterocycles. The molecule has 25 heavy (non-hydrogen) atoms. The van der Waals surface area contributed by atoms with Crippen molar-refractivity contribution in [2.24, 2.45) is 0 Å². The van der Waals surface area contributed by atoms with Gasteiger partial charge in [0.15, 0.2) is 0 Å². The second-order valence-corrected chi connectivity index (χ2v) is 6.67. The summed E-state index contributed by atoms with van der Waals surface area (Å²) in [7, 11) is 0. The van der Waals surface area contributed by atoms with Crippen LogP contribution in [-0.2, 0) is 0 Å². The minimum atomic E-state index is -0.127. The topological polar surface area (TPSA) is 15.3 Å². The standard InChI is InChI=1S/C22H23FN2/c23-21-9-4-3-8-20(21)22(25-14-5-12-24-13-15-25)19-11-10-17-6-1-2-7-18(17)16-19/h1-4,6-11,16,22,24H,5,12-15H2. The third-order valence-electron chi connectivity index (χ3n) is 5.03. The van der Waals surface area contributed by atoms with Gasteiger partial charge in [-0.25, -0.2) is 4.39 Å². The van der Waals surface area contributed by atoms with Gasteiger partial charge in [-0.05, 0) is 41.4 Å². The molecule has 3 heteroatoms. The molecule has 0 bridgehead atoms. The largest absolute Gasteiger partial charge is 0.315 e. The Balaban J connectivity index is 1.81. The maximum Gasteiger partial charge on any atom is 0.128 e. The van der Waals surface area contributed by atoms with E-state index in [9.17, 15) is 4.39 Å². The van der Waals surface area contributed by atoms with Crippen LogP contribution in [0.25, 0.3) is 10.8 Å². The molecule has 0 radical (unpaired) electrons. The highest BCUT2D eigenvalue weighted by atomic mass is 19.1. The van der Waals surface area contributed by atoms with E-state index in [1.165, 1.54) is 10.8 Å². The van der Waals surface area contributed by atoms with E-state index in [2.05, 4.69) is 52.7 Å². The average Bonchev–Trinajstić information content (AvgIpc) is 2.93. The van der Waals surface area contributed by atoms with Crippen molar-refractivity contribution < 1.29 is 4.39 Å². The highest BCUT2D eigenvalue weighted by Crippen LogP contribution is 2.32. The van der Waals surface area contributed by atoms with Crippen molar-refractivity contribution in [3.05, 3.63) is 83.7 Å². The highest BCUT2D eigenvalue weighted by Gasteiger charge is 2.25. The van der Waals surface area contributed by atoms with Crippen LogP contribution in [-0.4, -0.2) is 31.1 Å². The Morgan fingerprint density at radius 2 is 1.64 bits per heavy atom. The van der Waals surface area contributed by atoms with Crippen LogP contribution < -0.4 is 5.32 Å². The van der Waals surface area contributed by atoms with Crippen molar-refractivity contribution >= 4 is 10.8 Å². The van der Waals surface area contributed by atoms with E-state index >= 15 is 0 Å². The van der Waals surface area contributed by atoms with Crippen LogP contribution in [0, 0.1) is 5.82 Å². The van der Waals surface area contributed by atoms with Crippen molar-refractivity contribution in [1.82, 2.24) is 10.2 Å². The van der Waals surface area contributed by atoms with Crippen LogP contribution in [0.5, 0.6) is 0 Å². The molecular formula is C22H23FN2. The van der Waals surface area contributed by atoms with Gasteiger partial charge in [0.25, 0.3) is 0 Å². The molecule has 1 atom stereocenters. The van der Waals surface area contributed by atoms with Crippen LogP contribution >= 0.6 is 0 Å². The first-order valence-electron chi connectivity index (χ1n) is 9.01. The molecule has 1 aliphatic heterocycles. The predicted octanol–water partition coefficient (Wildman–Crippen LogP) is 4.36. The van der Waals surface area contributed by atoms with E-state index in [-0.39, 0.29) is 11.9 Å². The Hall–Kier alpha value is -2.23. The normalized spacial score (nSPS) is 17.3. The maximum atomic E-state index is 14.7. The van der Waals surface area contributed by atoms with Crippen LogP contribution in [0.1, 0.15) is 23.6 Å². The predicted molar refractivity (Wildman–Crippen MR) is 101 cm³/mol. The third kappa shape index (κ3) is 3.44. The summed E-state index contributed by atoms with van der Waals surface area (Å²) >= 11 is 0. The Labute approximate surface area is 148 Å². The maximum absolute atomic E-state index is 14.7. The monoisotopic (exact) mass is 334 g/mol. The Bertz CT molecular complexity index is 853. The molecule has 4 rings (SSSR count). The van der Waals surface area contributed by atoms with Crippen molar-refractivity contribution in [2.75, 3.05) is 26.2 Å². The first-order chi connectivity index (χ1) is 12.3. The number of fused-ring (bicyclic) bond motifs is 1. The Morgan fingerprint density at radius 3 is 2.52 bits per heavy atom. The van der Waals surface area contributed by atoms with Gasteiger partial charge in [0, 0.05) is 25.2 Å². The number of benzene rings is 3. The van der Waals surface area contributed by atoms with Gasteiger partial charge in [-0.2, -0.15) is 0 Å². The summed E-state index contributed by atoms with van der Waals surface area (Å²) in [6.07, 6.45) is 1.08. The quantitative estimate of drug-likeness (QED) is 0.765. The van der Waals surface area contributed by atoms with Crippen LogP contribution in [0.4, 0.5) is 4.39 Å². The lowest BCUT2D eigenvalue weighted by Gasteiger charge is -2.31. The molecule has 3 aromatic carbocycles. The summed E-state index contributed by atoms with van der Waals surface area (Å²) in [6, 6.07) is 22.0. The van der Waals surface area contributed by atoms with E-state index in [0.717, 1.165) is 43.7 Å². The van der Waals surface area contributed by atoms with Gasteiger partial charge in [-0.15, -0.1) is 0 Å². The molecule has 0 amide bonds. The SMILES string of the molecule is Fc1ccccc1C(c1ccc2ccccc2c1)N1CCCNCC1. The molecule has 128 valence electrons. The van der Waals surface area contributed by atoms with Gasteiger partial charge < -0.3 is 5.32 Å². The fraction of sp³-hybridized carbons (Fsp3) is 0.273. The van der Waals surface area contributed by atoms with Gasteiger partial charge in [0.05, 0.1) is 6.04 Å². The molecule has 1 saturated heterocycles. The Kier molecular flexibility index (Phi) is 4.77. The second kappa shape index (κ2) is 7.34. The molecule has 3 aromatic rings. The fourth-order valence-electron chi connectivity index (χ4n) is 3.79. The van der Waals surface area contributed by atoms with Crippen LogP contribution in [0.15, 0.2) is 66.7 Å². The first-order valence-corrected chi connectivity index (χ1v) is 9.01. The molecular weight excluding hydrogens is 311 g/mol. The lowest BCUT2D eigenvalue weighted by Crippen LogP contribution is -2.33. The van der Waals surface area contributed by atoms with E-state index in [1.54, 1.807) is 12.1 Å². The van der Waals surface area contributed by atoms with Gasteiger partial charge in [0.2, 0.25) is 0 Å². The van der Waals surface area contributed by atoms with Gasteiger partial charge in [0.1, 0.15) is 5.82 Å². The molecule has 0 saturated carbocycles.